The van der Waals surface area contributed by atoms with E-state index in [0.29, 0.717) is 10.7 Å². The molecule has 3 heterocycles. The van der Waals surface area contributed by atoms with E-state index >= 15 is 0 Å². The minimum absolute atomic E-state index is 0.123. The van der Waals surface area contributed by atoms with Crippen LogP contribution in [0.25, 0.3) is 16.3 Å². The molecule has 0 aromatic carbocycles. The van der Waals surface area contributed by atoms with Crippen molar-refractivity contribution in [2.45, 2.75) is 19.1 Å². The predicted octanol–water partition coefficient (Wildman–Crippen LogP) is 2.51. The highest BCUT2D eigenvalue weighted by Crippen LogP contribution is 2.35. The lowest BCUT2D eigenvalue weighted by Gasteiger charge is -2.46. The van der Waals surface area contributed by atoms with E-state index in [4.69, 9.17) is 16.3 Å². The number of hydrogen-bond donors (Lipinski definition) is 1. The van der Waals surface area contributed by atoms with Crippen LogP contribution in [0.4, 0.5) is 5.82 Å². The first-order chi connectivity index (χ1) is 10.6. The molecule has 0 radical (unpaired) electrons. The molecule has 2 atom stereocenters. The lowest BCUT2D eigenvalue weighted by atomic mass is 9.98. The molecule has 1 aliphatic rings. The zero-order chi connectivity index (χ0) is 15.9. The maximum absolute atomic E-state index is 9.36. The molecule has 0 amide bonds. The minimum Gasteiger partial charge on any atom is -0.392 e. The summed E-state index contributed by atoms with van der Waals surface area (Å²) in [5.74, 6) is 0.856. The van der Waals surface area contributed by atoms with Crippen LogP contribution in [0.5, 0.6) is 0 Å². The number of anilines is 1. The molecule has 1 aliphatic heterocycles. The summed E-state index contributed by atoms with van der Waals surface area (Å²) in [4.78, 5) is 10.9. The van der Waals surface area contributed by atoms with E-state index in [1.807, 2.05) is 0 Å². The van der Waals surface area contributed by atoms with Gasteiger partial charge in [0.2, 0.25) is 0 Å². The van der Waals surface area contributed by atoms with Gasteiger partial charge in [0.05, 0.1) is 18.8 Å². The summed E-state index contributed by atoms with van der Waals surface area (Å²) < 4.78 is 5.41. The molecule has 1 saturated heterocycles. The van der Waals surface area contributed by atoms with E-state index in [0.717, 1.165) is 28.7 Å². The van der Waals surface area contributed by atoms with Crippen molar-refractivity contribution >= 4 is 33.8 Å². The number of rotatable bonds is 4. The quantitative estimate of drug-likeness (QED) is 0.878. The van der Waals surface area contributed by atoms with Gasteiger partial charge in [-0.15, -0.1) is 0 Å². The molecule has 22 heavy (non-hydrogen) atoms. The number of aliphatic hydroxyl groups excluding tert-OH is 1. The van der Waals surface area contributed by atoms with Crippen molar-refractivity contribution in [1.29, 1.82) is 0 Å². The molecule has 1 N–H and O–H groups in total. The second-order valence-electron chi connectivity index (χ2n) is 5.48. The molecule has 6 heteroatoms. The van der Waals surface area contributed by atoms with Gasteiger partial charge in [0.25, 0.3) is 0 Å². The number of halogens is 1. The van der Waals surface area contributed by atoms with Crippen LogP contribution in [0.3, 0.4) is 0 Å². The van der Waals surface area contributed by atoms with E-state index in [-0.39, 0.29) is 18.8 Å². The number of fused-ring (bicyclic) bond motifs is 1. The van der Waals surface area contributed by atoms with Crippen LogP contribution in [0.2, 0.25) is 5.15 Å². The van der Waals surface area contributed by atoms with E-state index in [2.05, 4.69) is 28.4 Å². The maximum atomic E-state index is 9.36. The zero-order valence-corrected chi connectivity index (χ0v) is 13.3. The normalized spacial score (nSPS) is 21.0. The van der Waals surface area contributed by atoms with Gasteiger partial charge in [0, 0.05) is 37.0 Å². The summed E-state index contributed by atoms with van der Waals surface area (Å²) >= 11 is 6.04. The molecular weight excluding hydrogens is 302 g/mol. The molecule has 1 fully saturated rings. The number of hydrogen-bond acceptors (Lipinski definition) is 5. The van der Waals surface area contributed by atoms with Crippen molar-refractivity contribution in [3.05, 3.63) is 35.8 Å². The van der Waals surface area contributed by atoms with Crippen molar-refractivity contribution in [3.8, 4) is 0 Å². The van der Waals surface area contributed by atoms with Crippen molar-refractivity contribution in [2.75, 3.05) is 25.2 Å². The molecule has 0 bridgehead atoms. The Labute approximate surface area is 134 Å². The molecule has 2 aromatic heterocycles. The first-order valence-electron chi connectivity index (χ1n) is 7.09. The van der Waals surface area contributed by atoms with Crippen LogP contribution in [0.15, 0.2) is 25.0 Å². The fourth-order valence-electron chi connectivity index (χ4n) is 2.82. The third kappa shape index (κ3) is 2.35. The summed E-state index contributed by atoms with van der Waals surface area (Å²) in [6.07, 6.45) is 3.67. The summed E-state index contributed by atoms with van der Waals surface area (Å²) in [5.41, 5.74) is 1.40. The monoisotopic (exact) mass is 319 g/mol. The van der Waals surface area contributed by atoms with Crippen LogP contribution in [-0.4, -0.2) is 47.5 Å². The highest BCUT2D eigenvalue weighted by molar-refractivity contribution is 6.30. The third-order valence-corrected chi connectivity index (χ3v) is 4.48. The zero-order valence-electron chi connectivity index (χ0n) is 12.6. The number of pyridine rings is 2. The Kier molecular flexibility index (Phi) is 4.04. The molecule has 2 aromatic rings. The third-order valence-electron chi connectivity index (χ3n) is 4.27. The van der Waals surface area contributed by atoms with Crippen molar-refractivity contribution in [3.63, 3.8) is 0 Å². The van der Waals surface area contributed by atoms with Gasteiger partial charge in [-0.05, 0) is 23.9 Å². The SMILES string of the molecule is C=C(CO)c1cnc(N2C[C@H](OC)[C@H]2C)c2cnc(Cl)cc12. The number of nitrogens with zero attached hydrogens (tertiary/aromatic N) is 3. The van der Waals surface area contributed by atoms with Crippen molar-refractivity contribution < 1.29 is 9.84 Å². The second kappa shape index (κ2) is 5.83. The van der Waals surface area contributed by atoms with E-state index in [1.54, 1.807) is 25.6 Å². The van der Waals surface area contributed by atoms with E-state index in [1.165, 1.54) is 0 Å². The highest BCUT2D eigenvalue weighted by atomic mass is 35.5. The topological polar surface area (TPSA) is 58.5 Å². The fourth-order valence-corrected chi connectivity index (χ4v) is 2.98. The van der Waals surface area contributed by atoms with E-state index < -0.39 is 0 Å². The molecule has 0 spiro atoms. The summed E-state index contributed by atoms with van der Waals surface area (Å²) in [5, 5.41) is 11.6. The fraction of sp³-hybridized carbons (Fsp3) is 0.375. The Hall–Kier alpha value is -1.69. The number of aromatic nitrogens is 2. The van der Waals surface area contributed by atoms with Gasteiger partial charge in [-0.1, -0.05) is 18.2 Å². The standard InChI is InChI=1S/C16H18ClN3O2/c1-9(8-21)12-5-19-16(20-7-14(22-3)10(20)2)13-6-18-15(17)4-11(12)13/h4-6,10,14,21H,1,7-8H2,2-3H3/t10-,14+/m1/s1. The van der Waals surface area contributed by atoms with Crippen LogP contribution < -0.4 is 4.90 Å². The summed E-state index contributed by atoms with van der Waals surface area (Å²) in [6, 6.07) is 2.04. The average molecular weight is 320 g/mol. The largest absolute Gasteiger partial charge is 0.392 e. The predicted molar refractivity (Wildman–Crippen MR) is 88.3 cm³/mol. The Balaban J connectivity index is 2.12. The Morgan fingerprint density at radius 1 is 1.45 bits per heavy atom. The lowest BCUT2D eigenvalue weighted by Crippen LogP contribution is -2.59. The van der Waals surface area contributed by atoms with Gasteiger partial charge < -0.3 is 14.7 Å². The number of methoxy groups -OCH3 is 1. The van der Waals surface area contributed by atoms with Gasteiger partial charge in [-0.2, -0.15) is 0 Å². The Morgan fingerprint density at radius 3 is 2.86 bits per heavy atom. The average Bonchev–Trinajstić information content (AvgIpc) is 2.52. The van der Waals surface area contributed by atoms with Crippen LogP contribution in [0.1, 0.15) is 12.5 Å². The van der Waals surface area contributed by atoms with Crippen LogP contribution in [0, 0.1) is 0 Å². The van der Waals surface area contributed by atoms with Gasteiger partial charge in [-0.3, -0.25) is 0 Å². The van der Waals surface area contributed by atoms with Gasteiger partial charge in [0.15, 0.2) is 0 Å². The van der Waals surface area contributed by atoms with Gasteiger partial charge in [0.1, 0.15) is 11.0 Å². The van der Waals surface area contributed by atoms with Crippen molar-refractivity contribution in [2.24, 2.45) is 0 Å². The van der Waals surface area contributed by atoms with Crippen LogP contribution in [-0.2, 0) is 4.74 Å². The maximum Gasteiger partial charge on any atom is 0.138 e. The first kappa shape index (κ1) is 15.2. The molecule has 116 valence electrons. The molecule has 0 unspecified atom stereocenters. The minimum atomic E-state index is -0.123. The molecule has 0 aliphatic carbocycles. The second-order valence-corrected chi connectivity index (χ2v) is 5.86. The van der Waals surface area contributed by atoms with Gasteiger partial charge in [-0.25, -0.2) is 9.97 Å². The highest BCUT2D eigenvalue weighted by Gasteiger charge is 2.37. The lowest BCUT2D eigenvalue weighted by molar-refractivity contribution is 0.0456. The van der Waals surface area contributed by atoms with Crippen molar-refractivity contribution in [1.82, 2.24) is 9.97 Å². The molecule has 3 rings (SSSR count). The smallest absolute Gasteiger partial charge is 0.138 e. The van der Waals surface area contributed by atoms with E-state index in [9.17, 15) is 5.11 Å². The molecule has 5 nitrogen and oxygen atoms in total. The Bertz CT molecular complexity index is 735. The number of ether oxygens (including phenoxy) is 1. The Morgan fingerprint density at radius 2 is 2.23 bits per heavy atom. The summed E-state index contributed by atoms with van der Waals surface area (Å²) in [7, 11) is 1.72. The first-order valence-corrected chi connectivity index (χ1v) is 7.47. The number of aliphatic hydroxyl groups is 1. The van der Waals surface area contributed by atoms with Gasteiger partial charge >= 0.3 is 0 Å². The summed E-state index contributed by atoms with van der Waals surface area (Å²) in [6.45, 7) is 6.66. The molecule has 0 saturated carbocycles. The van der Waals surface area contributed by atoms with Crippen LogP contribution >= 0.6 is 11.6 Å². The molecular formula is C16H18ClN3O2.